The van der Waals surface area contributed by atoms with E-state index in [0.29, 0.717) is 17.0 Å². The Kier molecular flexibility index (Phi) is 6.20. The summed E-state index contributed by atoms with van der Waals surface area (Å²) in [5, 5.41) is 5.07. The summed E-state index contributed by atoms with van der Waals surface area (Å²) in [5.41, 5.74) is 1.20. The molecule has 1 aromatic carbocycles. The van der Waals surface area contributed by atoms with Crippen LogP contribution in [0.2, 0.25) is 10.0 Å². The molecule has 0 spiro atoms. The zero-order chi connectivity index (χ0) is 14.5. The van der Waals surface area contributed by atoms with E-state index in [-0.39, 0.29) is 0 Å². The van der Waals surface area contributed by atoms with E-state index in [4.69, 9.17) is 23.2 Å². The maximum absolute atomic E-state index is 6.36. The van der Waals surface area contributed by atoms with Crippen molar-refractivity contribution in [2.75, 3.05) is 6.54 Å². The van der Waals surface area contributed by atoms with Crippen molar-refractivity contribution in [1.82, 2.24) is 5.32 Å². The zero-order valence-corrected chi connectivity index (χ0v) is 14.0. The van der Waals surface area contributed by atoms with Crippen molar-refractivity contribution >= 4 is 23.2 Å². The van der Waals surface area contributed by atoms with Crippen LogP contribution < -0.4 is 5.32 Å². The first-order valence-corrected chi connectivity index (χ1v) is 8.57. The predicted octanol–water partition coefficient (Wildman–Crippen LogP) is 5.34. The van der Waals surface area contributed by atoms with E-state index in [1.54, 1.807) is 0 Å². The SMILES string of the molecule is CCNC1CCC(CC)CC1Cc1cccc(Cl)c1Cl. The molecule has 1 aliphatic carbocycles. The molecule has 2 rings (SSSR count). The molecule has 1 N–H and O–H groups in total. The van der Waals surface area contributed by atoms with Gasteiger partial charge in [-0.2, -0.15) is 0 Å². The molecule has 0 heterocycles. The highest BCUT2D eigenvalue weighted by Gasteiger charge is 2.29. The number of hydrogen-bond acceptors (Lipinski definition) is 1. The van der Waals surface area contributed by atoms with Crippen LogP contribution in [0.25, 0.3) is 0 Å². The Morgan fingerprint density at radius 3 is 2.70 bits per heavy atom. The van der Waals surface area contributed by atoms with E-state index < -0.39 is 0 Å². The fourth-order valence-electron chi connectivity index (χ4n) is 3.48. The topological polar surface area (TPSA) is 12.0 Å². The van der Waals surface area contributed by atoms with Crippen molar-refractivity contribution < 1.29 is 0 Å². The summed E-state index contributed by atoms with van der Waals surface area (Å²) in [6.45, 7) is 5.54. The molecular formula is C17H25Cl2N. The lowest BCUT2D eigenvalue weighted by molar-refractivity contribution is 0.200. The molecule has 3 heteroatoms. The second-order valence-electron chi connectivity index (χ2n) is 5.93. The van der Waals surface area contributed by atoms with Gasteiger partial charge in [-0.05, 0) is 55.7 Å². The van der Waals surface area contributed by atoms with E-state index >= 15 is 0 Å². The van der Waals surface area contributed by atoms with Crippen LogP contribution in [0, 0.1) is 11.8 Å². The Morgan fingerprint density at radius 1 is 1.20 bits per heavy atom. The highest BCUT2D eigenvalue weighted by atomic mass is 35.5. The third-order valence-corrected chi connectivity index (χ3v) is 5.51. The minimum absolute atomic E-state index is 0.623. The lowest BCUT2D eigenvalue weighted by Crippen LogP contribution is -2.41. The fourth-order valence-corrected chi connectivity index (χ4v) is 3.87. The molecule has 0 aromatic heterocycles. The zero-order valence-electron chi connectivity index (χ0n) is 12.5. The first kappa shape index (κ1) is 16.1. The summed E-state index contributed by atoms with van der Waals surface area (Å²) in [6, 6.07) is 6.61. The predicted molar refractivity (Wildman–Crippen MR) is 88.8 cm³/mol. The molecule has 0 amide bonds. The smallest absolute Gasteiger partial charge is 0.0624 e. The monoisotopic (exact) mass is 313 g/mol. The normalized spacial score (nSPS) is 26.7. The largest absolute Gasteiger partial charge is 0.314 e. The Bertz CT molecular complexity index is 433. The summed E-state index contributed by atoms with van der Waals surface area (Å²) in [6.07, 6.45) is 6.27. The van der Waals surface area contributed by atoms with Gasteiger partial charge >= 0.3 is 0 Å². The molecule has 1 fully saturated rings. The Hall–Kier alpha value is -0.240. The molecule has 112 valence electrons. The first-order valence-electron chi connectivity index (χ1n) is 7.81. The number of hydrogen-bond donors (Lipinski definition) is 1. The van der Waals surface area contributed by atoms with Crippen molar-refractivity contribution in [3.63, 3.8) is 0 Å². The van der Waals surface area contributed by atoms with Gasteiger partial charge in [-0.3, -0.25) is 0 Å². The molecule has 1 aliphatic rings. The lowest BCUT2D eigenvalue weighted by Gasteiger charge is -2.36. The Labute approximate surface area is 133 Å². The molecule has 20 heavy (non-hydrogen) atoms. The number of nitrogens with one attached hydrogen (secondary N) is 1. The van der Waals surface area contributed by atoms with E-state index in [9.17, 15) is 0 Å². The van der Waals surface area contributed by atoms with Crippen LogP contribution in [-0.2, 0) is 6.42 Å². The maximum Gasteiger partial charge on any atom is 0.0624 e. The van der Waals surface area contributed by atoms with E-state index in [0.717, 1.165) is 23.9 Å². The van der Waals surface area contributed by atoms with Gasteiger partial charge in [0.15, 0.2) is 0 Å². The molecule has 1 saturated carbocycles. The third-order valence-electron chi connectivity index (χ3n) is 4.65. The molecule has 0 saturated heterocycles. The molecule has 1 aromatic rings. The average molecular weight is 314 g/mol. The maximum atomic E-state index is 6.36. The van der Waals surface area contributed by atoms with Gasteiger partial charge in [0.25, 0.3) is 0 Å². The molecule has 0 bridgehead atoms. The second kappa shape index (κ2) is 7.68. The van der Waals surface area contributed by atoms with Crippen molar-refractivity contribution in [2.24, 2.45) is 11.8 Å². The molecule has 3 atom stereocenters. The number of halogens is 2. The van der Waals surface area contributed by atoms with E-state index in [1.807, 2.05) is 12.1 Å². The molecule has 1 nitrogen and oxygen atoms in total. The van der Waals surface area contributed by atoms with Gasteiger partial charge in [0.05, 0.1) is 10.0 Å². The average Bonchev–Trinajstić information content (AvgIpc) is 2.46. The van der Waals surface area contributed by atoms with Gasteiger partial charge in [-0.1, -0.05) is 55.6 Å². The lowest BCUT2D eigenvalue weighted by atomic mass is 9.74. The van der Waals surface area contributed by atoms with Crippen molar-refractivity contribution in [2.45, 2.75) is 52.0 Å². The van der Waals surface area contributed by atoms with Gasteiger partial charge in [-0.15, -0.1) is 0 Å². The summed E-state index contributed by atoms with van der Waals surface area (Å²) in [5.74, 6) is 1.54. The van der Waals surface area contributed by atoms with Crippen LogP contribution in [-0.4, -0.2) is 12.6 Å². The van der Waals surface area contributed by atoms with Crippen LogP contribution in [0.5, 0.6) is 0 Å². The first-order chi connectivity index (χ1) is 9.65. The summed E-state index contributed by atoms with van der Waals surface area (Å²) < 4.78 is 0. The van der Waals surface area contributed by atoms with Crippen molar-refractivity contribution in [1.29, 1.82) is 0 Å². The molecule has 0 aliphatic heterocycles. The standard InChI is InChI=1S/C17H25Cl2N/c1-3-12-8-9-16(20-4-2)14(10-12)11-13-6-5-7-15(18)17(13)19/h5-7,12,14,16,20H,3-4,8-11H2,1-2H3. The van der Waals surface area contributed by atoms with Crippen molar-refractivity contribution in [3.05, 3.63) is 33.8 Å². The van der Waals surface area contributed by atoms with Crippen LogP contribution >= 0.6 is 23.2 Å². The summed E-state index contributed by atoms with van der Waals surface area (Å²) in [4.78, 5) is 0. The Morgan fingerprint density at radius 2 is 2.00 bits per heavy atom. The van der Waals surface area contributed by atoms with E-state index in [1.165, 1.54) is 31.2 Å². The van der Waals surface area contributed by atoms with Crippen molar-refractivity contribution in [3.8, 4) is 0 Å². The van der Waals surface area contributed by atoms with Crippen LogP contribution in [0.15, 0.2) is 18.2 Å². The highest BCUT2D eigenvalue weighted by Crippen LogP contribution is 2.36. The Balaban J connectivity index is 2.12. The fraction of sp³-hybridized carbons (Fsp3) is 0.647. The minimum Gasteiger partial charge on any atom is -0.314 e. The van der Waals surface area contributed by atoms with Gasteiger partial charge < -0.3 is 5.32 Å². The van der Waals surface area contributed by atoms with Crippen LogP contribution in [0.1, 0.15) is 45.1 Å². The molecular weight excluding hydrogens is 289 g/mol. The third kappa shape index (κ3) is 3.90. The van der Waals surface area contributed by atoms with E-state index in [2.05, 4.69) is 25.2 Å². The quantitative estimate of drug-likeness (QED) is 0.773. The number of benzene rings is 1. The van der Waals surface area contributed by atoms with Crippen LogP contribution in [0.4, 0.5) is 0 Å². The van der Waals surface area contributed by atoms with Gasteiger partial charge in [0, 0.05) is 6.04 Å². The highest BCUT2D eigenvalue weighted by molar-refractivity contribution is 6.42. The second-order valence-corrected chi connectivity index (χ2v) is 6.71. The molecule has 0 radical (unpaired) electrons. The minimum atomic E-state index is 0.623. The molecule has 3 unspecified atom stereocenters. The van der Waals surface area contributed by atoms with Crippen LogP contribution in [0.3, 0.4) is 0 Å². The van der Waals surface area contributed by atoms with Gasteiger partial charge in [0.1, 0.15) is 0 Å². The van der Waals surface area contributed by atoms with Gasteiger partial charge in [0.2, 0.25) is 0 Å². The van der Waals surface area contributed by atoms with Gasteiger partial charge in [-0.25, -0.2) is 0 Å². The summed E-state index contributed by atoms with van der Waals surface area (Å²) in [7, 11) is 0. The number of rotatable bonds is 5. The summed E-state index contributed by atoms with van der Waals surface area (Å²) >= 11 is 12.5.